The molecular weight excluding hydrogens is 429 g/mol. The van der Waals surface area contributed by atoms with Crippen molar-refractivity contribution in [1.82, 2.24) is 0 Å². The molecule has 0 amide bonds. The molecule has 0 bridgehead atoms. The standard InChI is InChI=1S/C32H51NP/c1-13-23-24(14-2)28(16-4)34(27(23)15-3)30-31(9,10)20-32(11,12)33(30)29-25(21(5)6)18-17-19-26(29)22(7)8/h17-19,21-22H,13-16,20H2,1-12H3/q+1. The van der Waals surface area contributed by atoms with Crippen LogP contribution in [0.15, 0.2) is 18.2 Å². The van der Waals surface area contributed by atoms with Gasteiger partial charge in [0.1, 0.15) is 0 Å². The van der Waals surface area contributed by atoms with Gasteiger partial charge in [0, 0.05) is 31.4 Å². The van der Waals surface area contributed by atoms with E-state index in [-0.39, 0.29) is 11.0 Å². The topological polar surface area (TPSA) is 3.01 Å². The predicted molar refractivity (Wildman–Crippen MR) is 154 cm³/mol. The van der Waals surface area contributed by atoms with E-state index in [1.54, 1.807) is 27.2 Å². The van der Waals surface area contributed by atoms with Gasteiger partial charge < -0.3 is 0 Å². The number of para-hydroxylation sites is 1. The van der Waals surface area contributed by atoms with Crippen LogP contribution in [0.3, 0.4) is 0 Å². The van der Waals surface area contributed by atoms with Crippen LogP contribution in [0, 0.1) is 5.41 Å². The van der Waals surface area contributed by atoms with Crippen molar-refractivity contribution in [3.8, 4) is 0 Å². The molecule has 0 saturated heterocycles. The highest BCUT2D eigenvalue weighted by Gasteiger charge is 2.55. The van der Waals surface area contributed by atoms with Crippen molar-refractivity contribution in [1.29, 1.82) is 0 Å². The Kier molecular flexibility index (Phi) is 7.99. The van der Waals surface area contributed by atoms with Gasteiger partial charge in [-0.05, 0) is 80.6 Å². The lowest BCUT2D eigenvalue weighted by Crippen LogP contribution is -2.31. The van der Waals surface area contributed by atoms with E-state index in [1.165, 1.54) is 48.9 Å². The Balaban J connectivity index is 2.62. The van der Waals surface area contributed by atoms with Crippen LogP contribution in [0.2, 0.25) is 0 Å². The second-order valence-corrected chi connectivity index (χ2v) is 14.4. The highest BCUT2D eigenvalue weighted by molar-refractivity contribution is 7.69. The average Bonchev–Trinajstić information content (AvgIpc) is 3.16. The van der Waals surface area contributed by atoms with Crippen molar-refractivity contribution in [2.75, 3.05) is 0 Å². The lowest BCUT2D eigenvalue weighted by Gasteiger charge is -2.24. The smallest absolute Gasteiger partial charge is 0.187 e. The van der Waals surface area contributed by atoms with E-state index in [4.69, 9.17) is 0 Å². The third-order valence-electron chi connectivity index (χ3n) is 8.05. The summed E-state index contributed by atoms with van der Waals surface area (Å²) in [4.78, 5) is 0. The summed E-state index contributed by atoms with van der Waals surface area (Å²) in [6.07, 6.45) is 5.91. The summed E-state index contributed by atoms with van der Waals surface area (Å²) >= 11 is 0. The van der Waals surface area contributed by atoms with Crippen LogP contribution in [0.25, 0.3) is 0 Å². The molecule has 2 aromatic rings. The van der Waals surface area contributed by atoms with E-state index in [0.717, 1.165) is 0 Å². The molecule has 0 N–H and O–H groups in total. The van der Waals surface area contributed by atoms with Gasteiger partial charge in [0.05, 0.1) is 5.41 Å². The minimum atomic E-state index is -0.434. The van der Waals surface area contributed by atoms with E-state index in [1.807, 2.05) is 0 Å². The maximum atomic E-state index is 2.89. The molecule has 1 aromatic heterocycles. The summed E-state index contributed by atoms with van der Waals surface area (Å²) < 4.78 is 2.89. The van der Waals surface area contributed by atoms with Crippen molar-refractivity contribution < 1.29 is 4.58 Å². The lowest BCUT2D eigenvalue weighted by atomic mass is 9.84. The van der Waals surface area contributed by atoms with Crippen LogP contribution in [0.1, 0.15) is 134 Å². The molecule has 0 unspecified atom stereocenters. The fourth-order valence-electron chi connectivity index (χ4n) is 7.02. The van der Waals surface area contributed by atoms with Crippen molar-refractivity contribution >= 4 is 18.7 Å². The second-order valence-electron chi connectivity index (χ2n) is 12.2. The molecule has 0 fully saturated rings. The molecule has 34 heavy (non-hydrogen) atoms. The van der Waals surface area contributed by atoms with Crippen LogP contribution < -0.4 is 0 Å². The second kappa shape index (κ2) is 9.97. The Morgan fingerprint density at radius 3 is 1.56 bits per heavy atom. The first-order valence-corrected chi connectivity index (χ1v) is 15.3. The van der Waals surface area contributed by atoms with Gasteiger partial charge in [-0.1, -0.05) is 73.6 Å². The van der Waals surface area contributed by atoms with Crippen molar-refractivity contribution in [2.24, 2.45) is 5.41 Å². The predicted octanol–water partition coefficient (Wildman–Crippen LogP) is 9.97. The number of rotatable bonds is 8. The minimum Gasteiger partial charge on any atom is -0.187 e. The molecule has 1 nitrogen and oxygen atoms in total. The Morgan fingerprint density at radius 2 is 1.21 bits per heavy atom. The molecular formula is C32H51NP+. The molecule has 1 aliphatic heterocycles. The fourth-order valence-corrected chi connectivity index (χ4v) is 10.9. The van der Waals surface area contributed by atoms with E-state index >= 15 is 0 Å². The van der Waals surface area contributed by atoms with Gasteiger partial charge in [0.15, 0.2) is 5.54 Å². The third kappa shape index (κ3) is 4.36. The first-order valence-electron chi connectivity index (χ1n) is 13.9. The summed E-state index contributed by atoms with van der Waals surface area (Å²) in [6, 6.07) is 7.09. The Morgan fingerprint density at radius 1 is 0.765 bits per heavy atom. The van der Waals surface area contributed by atoms with Gasteiger partial charge in [0.2, 0.25) is 11.1 Å². The summed E-state index contributed by atoms with van der Waals surface area (Å²) in [6.45, 7) is 29.1. The maximum absolute atomic E-state index is 2.89. The molecule has 1 aromatic carbocycles. The van der Waals surface area contributed by atoms with Crippen molar-refractivity contribution in [2.45, 2.75) is 133 Å². The van der Waals surface area contributed by atoms with Crippen LogP contribution in [-0.4, -0.2) is 15.6 Å². The van der Waals surface area contributed by atoms with Crippen molar-refractivity contribution in [3.05, 3.63) is 51.0 Å². The zero-order valence-electron chi connectivity index (χ0n) is 24.3. The van der Waals surface area contributed by atoms with E-state index in [9.17, 15) is 0 Å². The molecule has 2 heterocycles. The van der Waals surface area contributed by atoms with Crippen LogP contribution in [0.5, 0.6) is 0 Å². The summed E-state index contributed by atoms with van der Waals surface area (Å²) in [7, 11) is -0.434. The number of hydrogen-bond acceptors (Lipinski definition) is 0. The van der Waals surface area contributed by atoms with Gasteiger partial charge in [-0.25, -0.2) is 0 Å². The highest BCUT2D eigenvalue weighted by atomic mass is 31.1. The van der Waals surface area contributed by atoms with Gasteiger partial charge in [-0.2, -0.15) is 4.58 Å². The molecule has 0 saturated carbocycles. The SMILES string of the molecule is CCc1c(CC)c(CC)p(C2=[N+](c3c(C(C)C)cccc3C(C)C)C(C)(C)CC2(C)C)c1CC. The Labute approximate surface area is 212 Å². The van der Waals surface area contributed by atoms with Crippen LogP contribution >= 0.6 is 7.53 Å². The summed E-state index contributed by atoms with van der Waals surface area (Å²) in [5, 5.41) is 3.54. The number of benzene rings is 1. The van der Waals surface area contributed by atoms with Crippen LogP contribution in [0.4, 0.5) is 5.69 Å². The van der Waals surface area contributed by atoms with E-state index in [2.05, 4.69) is 106 Å². The quantitative estimate of drug-likeness (QED) is 0.331. The summed E-state index contributed by atoms with van der Waals surface area (Å²) in [5.41, 5.74) is 9.94. The van der Waals surface area contributed by atoms with E-state index in [0.29, 0.717) is 11.8 Å². The molecule has 0 atom stereocenters. The van der Waals surface area contributed by atoms with E-state index < -0.39 is 7.53 Å². The van der Waals surface area contributed by atoms with Gasteiger partial charge in [0.25, 0.3) is 0 Å². The molecule has 1 aliphatic rings. The Hall–Kier alpha value is -1.33. The number of hydrogen-bond donors (Lipinski definition) is 0. The zero-order chi connectivity index (χ0) is 25.6. The molecule has 0 spiro atoms. The molecule has 3 rings (SSSR count). The van der Waals surface area contributed by atoms with Gasteiger partial charge in [-0.3, -0.25) is 0 Å². The average molecular weight is 481 g/mol. The highest BCUT2D eigenvalue weighted by Crippen LogP contribution is 2.58. The summed E-state index contributed by atoms with van der Waals surface area (Å²) in [5.74, 6) is 1.01. The fraction of sp³-hybridized carbons (Fsp3) is 0.656. The molecule has 0 radical (unpaired) electrons. The lowest BCUT2D eigenvalue weighted by molar-refractivity contribution is -0.514. The minimum absolute atomic E-state index is 0.0921. The monoisotopic (exact) mass is 480 g/mol. The number of nitrogens with zero attached hydrogens (tertiary/aromatic N) is 1. The van der Waals surface area contributed by atoms with Gasteiger partial charge >= 0.3 is 0 Å². The first-order chi connectivity index (χ1) is 15.9. The van der Waals surface area contributed by atoms with Crippen LogP contribution in [-0.2, 0) is 25.7 Å². The third-order valence-corrected chi connectivity index (χ3v) is 11.5. The van der Waals surface area contributed by atoms with Gasteiger partial charge in [-0.15, -0.1) is 0 Å². The Bertz CT molecular complexity index is 1020. The first kappa shape index (κ1) is 27.3. The normalized spacial score (nSPS) is 17.5. The zero-order valence-corrected chi connectivity index (χ0v) is 25.2. The maximum Gasteiger partial charge on any atom is 0.213 e. The largest absolute Gasteiger partial charge is 0.213 e. The molecule has 188 valence electrons. The molecule has 2 heteroatoms. The van der Waals surface area contributed by atoms with Crippen molar-refractivity contribution in [3.63, 3.8) is 0 Å². The molecule has 0 aliphatic carbocycles.